The number of urea groups is 1. The fraction of sp³-hybridized carbons (Fsp3) is 0.615. The van der Waals surface area contributed by atoms with Gasteiger partial charge in [-0.25, -0.2) is 14.6 Å². The summed E-state index contributed by atoms with van der Waals surface area (Å²) in [6.07, 6.45) is 5.14. The number of carbonyl (C=O) groups excluding carboxylic acids is 1. The summed E-state index contributed by atoms with van der Waals surface area (Å²) < 4.78 is 1.82. The van der Waals surface area contributed by atoms with Crippen LogP contribution in [-0.4, -0.2) is 44.1 Å². The fourth-order valence-corrected chi connectivity index (χ4v) is 2.14. The molecule has 110 valence electrons. The molecule has 1 atom stereocenters. The number of aliphatic carboxylic acids is 1. The lowest BCUT2D eigenvalue weighted by Crippen LogP contribution is -2.56. The molecular weight excluding hydrogens is 260 g/mol. The number of carboxylic acid groups (broad SMARTS) is 1. The van der Waals surface area contributed by atoms with E-state index in [2.05, 4.69) is 10.3 Å². The number of aryl methyl sites for hydroxylation is 1. The Balaban J connectivity index is 2.00. The van der Waals surface area contributed by atoms with Gasteiger partial charge in [0.05, 0.1) is 6.54 Å². The second-order valence-electron chi connectivity index (χ2n) is 5.52. The SMILES string of the molecule is CN(Cc1nccn1C)C(=O)NC(C)(C(=O)O)C1CC1. The predicted molar refractivity (Wildman–Crippen MR) is 72.0 cm³/mol. The minimum Gasteiger partial charge on any atom is -0.480 e. The smallest absolute Gasteiger partial charge is 0.329 e. The van der Waals surface area contributed by atoms with Crippen LogP contribution in [0.4, 0.5) is 4.79 Å². The number of amides is 2. The van der Waals surface area contributed by atoms with Crippen molar-refractivity contribution in [3.05, 3.63) is 18.2 Å². The Morgan fingerprint density at radius 2 is 2.25 bits per heavy atom. The summed E-state index contributed by atoms with van der Waals surface area (Å²) in [6.45, 7) is 1.90. The largest absolute Gasteiger partial charge is 0.480 e. The third kappa shape index (κ3) is 2.76. The zero-order chi connectivity index (χ0) is 14.9. The zero-order valence-corrected chi connectivity index (χ0v) is 12.0. The van der Waals surface area contributed by atoms with Crippen LogP contribution in [0.2, 0.25) is 0 Å². The average Bonchev–Trinajstić information content (AvgIpc) is 3.15. The van der Waals surface area contributed by atoms with Crippen molar-refractivity contribution >= 4 is 12.0 Å². The Hall–Kier alpha value is -2.05. The van der Waals surface area contributed by atoms with Crippen molar-refractivity contribution in [1.29, 1.82) is 0 Å². The molecule has 1 unspecified atom stereocenters. The highest BCUT2D eigenvalue weighted by atomic mass is 16.4. The van der Waals surface area contributed by atoms with Crippen molar-refractivity contribution in [2.75, 3.05) is 7.05 Å². The van der Waals surface area contributed by atoms with Gasteiger partial charge in [0.15, 0.2) is 0 Å². The summed E-state index contributed by atoms with van der Waals surface area (Å²) in [5, 5.41) is 12.0. The second-order valence-corrected chi connectivity index (χ2v) is 5.52. The van der Waals surface area contributed by atoms with Crippen LogP contribution >= 0.6 is 0 Å². The first kappa shape index (κ1) is 14.4. The molecule has 0 saturated heterocycles. The van der Waals surface area contributed by atoms with E-state index in [4.69, 9.17) is 0 Å². The first-order valence-electron chi connectivity index (χ1n) is 6.57. The number of carbonyl (C=O) groups is 2. The lowest BCUT2D eigenvalue weighted by atomic mass is 9.96. The Morgan fingerprint density at radius 1 is 1.60 bits per heavy atom. The van der Waals surface area contributed by atoms with E-state index in [9.17, 15) is 14.7 Å². The van der Waals surface area contributed by atoms with Gasteiger partial charge >= 0.3 is 12.0 Å². The first-order valence-corrected chi connectivity index (χ1v) is 6.57. The van der Waals surface area contributed by atoms with Gasteiger partial charge in [-0.2, -0.15) is 0 Å². The van der Waals surface area contributed by atoms with Crippen molar-refractivity contribution in [3.63, 3.8) is 0 Å². The van der Waals surface area contributed by atoms with E-state index in [1.807, 2.05) is 11.6 Å². The van der Waals surface area contributed by atoms with E-state index in [-0.39, 0.29) is 5.92 Å². The number of hydrogen-bond donors (Lipinski definition) is 2. The molecule has 20 heavy (non-hydrogen) atoms. The molecule has 0 aliphatic heterocycles. The first-order chi connectivity index (χ1) is 9.34. The maximum absolute atomic E-state index is 12.1. The standard InChI is InChI=1S/C13H20N4O3/c1-13(11(18)19,9-4-5-9)15-12(20)17(3)8-10-14-6-7-16(10)2/h6-7,9H,4-5,8H2,1-3H3,(H,15,20)(H,18,19). The Bertz CT molecular complexity index is 523. The lowest BCUT2D eigenvalue weighted by molar-refractivity contribution is -0.144. The van der Waals surface area contributed by atoms with Gasteiger partial charge in [-0.05, 0) is 25.7 Å². The molecule has 1 fully saturated rings. The highest BCUT2D eigenvalue weighted by Crippen LogP contribution is 2.39. The van der Waals surface area contributed by atoms with Crippen LogP contribution in [-0.2, 0) is 18.4 Å². The number of nitrogens with one attached hydrogen (secondary N) is 1. The summed E-state index contributed by atoms with van der Waals surface area (Å²) in [5.41, 5.74) is -1.19. The number of nitrogens with zero attached hydrogens (tertiary/aromatic N) is 3. The Kier molecular flexibility index (Phi) is 3.69. The van der Waals surface area contributed by atoms with Gasteiger partial charge in [0.1, 0.15) is 11.4 Å². The molecule has 1 heterocycles. The van der Waals surface area contributed by atoms with E-state index in [1.54, 1.807) is 26.4 Å². The zero-order valence-electron chi connectivity index (χ0n) is 12.0. The van der Waals surface area contributed by atoms with Crippen molar-refractivity contribution in [2.45, 2.75) is 31.8 Å². The van der Waals surface area contributed by atoms with E-state index < -0.39 is 17.5 Å². The summed E-state index contributed by atoms with van der Waals surface area (Å²) in [5.74, 6) is -0.227. The summed E-state index contributed by atoms with van der Waals surface area (Å²) in [7, 11) is 3.47. The van der Waals surface area contributed by atoms with Gasteiger partial charge in [-0.1, -0.05) is 0 Å². The minimum atomic E-state index is -1.19. The van der Waals surface area contributed by atoms with Crippen LogP contribution in [0.25, 0.3) is 0 Å². The minimum absolute atomic E-state index is 0.0190. The van der Waals surface area contributed by atoms with Gasteiger partial charge in [-0.15, -0.1) is 0 Å². The lowest BCUT2D eigenvalue weighted by Gasteiger charge is -2.29. The fourth-order valence-electron chi connectivity index (χ4n) is 2.14. The second kappa shape index (κ2) is 5.15. The quantitative estimate of drug-likeness (QED) is 0.835. The molecule has 1 aliphatic rings. The molecule has 7 nitrogen and oxygen atoms in total. The Labute approximate surface area is 117 Å². The van der Waals surface area contributed by atoms with E-state index in [1.165, 1.54) is 4.90 Å². The third-order valence-corrected chi connectivity index (χ3v) is 3.85. The molecular formula is C13H20N4O3. The molecule has 2 amide bonds. The third-order valence-electron chi connectivity index (χ3n) is 3.85. The molecule has 0 aromatic carbocycles. The average molecular weight is 280 g/mol. The molecule has 1 saturated carbocycles. The molecule has 1 aromatic heterocycles. The van der Waals surface area contributed by atoms with Crippen LogP contribution in [0, 0.1) is 5.92 Å². The predicted octanol–water partition coefficient (Wildman–Crippen LogP) is 0.815. The van der Waals surface area contributed by atoms with E-state index in [0.29, 0.717) is 6.54 Å². The molecule has 1 aromatic rings. The molecule has 0 spiro atoms. The van der Waals surface area contributed by atoms with Crippen molar-refractivity contribution in [2.24, 2.45) is 13.0 Å². The monoisotopic (exact) mass is 280 g/mol. The summed E-state index contributed by atoms with van der Waals surface area (Å²) in [6, 6.07) is -0.398. The summed E-state index contributed by atoms with van der Waals surface area (Å²) >= 11 is 0. The van der Waals surface area contributed by atoms with Crippen LogP contribution in [0.3, 0.4) is 0 Å². The highest BCUT2D eigenvalue weighted by molar-refractivity contribution is 5.86. The van der Waals surface area contributed by atoms with Gasteiger partial charge in [0.2, 0.25) is 0 Å². The van der Waals surface area contributed by atoms with Gasteiger partial charge in [-0.3, -0.25) is 0 Å². The van der Waals surface area contributed by atoms with Crippen LogP contribution in [0.1, 0.15) is 25.6 Å². The van der Waals surface area contributed by atoms with Gasteiger partial charge in [0, 0.05) is 26.5 Å². The number of rotatable bonds is 5. The van der Waals surface area contributed by atoms with Crippen molar-refractivity contribution in [3.8, 4) is 0 Å². The van der Waals surface area contributed by atoms with Gasteiger partial charge in [0.25, 0.3) is 0 Å². The molecule has 0 radical (unpaired) electrons. The number of hydrogen-bond acceptors (Lipinski definition) is 3. The molecule has 2 rings (SSSR count). The van der Waals surface area contributed by atoms with Crippen molar-refractivity contribution in [1.82, 2.24) is 19.8 Å². The van der Waals surface area contributed by atoms with Crippen LogP contribution in [0.15, 0.2) is 12.4 Å². The van der Waals surface area contributed by atoms with E-state index in [0.717, 1.165) is 18.7 Å². The molecule has 1 aliphatic carbocycles. The topological polar surface area (TPSA) is 87.5 Å². The van der Waals surface area contributed by atoms with Crippen LogP contribution < -0.4 is 5.32 Å². The normalized spacial score (nSPS) is 17.4. The number of carboxylic acids is 1. The maximum Gasteiger partial charge on any atom is 0.329 e. The van der Waals surface area contributed by atoms with Crippen LogP contribution in [0.5, 0.6) is 0 Å². The van der Waals surface area contributed by atoms with E-state index >= 15 is 0 Å². The van der Waals surface area contributed by atoms with Gasteiger partial charge < -0.3 is 19.9 Å². The van der Waals surface area contributed by atoms with Crippen molar-refractivity contribution < 1.29 is 14.7 Å². The molecule has 7 heteroatoms. The number of imidazole rings is 1. The molecule has 0 bridgehead atoms. The summed E-state index contributed by atoms with van der Waals surface area (Å²) in [4.78, 5) is 29.1. The Morgan fingerprint density at radius 3 is 2.70 bits per heavy atom. The molecule has 2 N–H and O–H groups in total. The highest BCUT2D eigenvalue weighted by Gasteiger charge is 2.48. The maximum atomic E-state index is 12.1. The number of aromatic nitrogens is 2.